The highest BCUT2D eigenvalue weighted by atomic mass is 16.6. The lowest BCUT2D eigenvalue weighted by Gasteiger charge is -2.22. The number of rotatable bonds is 5. The van der Waals surface area contributed by atoms with Crippen LogP contribution in [0.4, 0.5) is 0 Å². The molecular formula is C13H20O4. The standard InChI is InChI=1S/C13H20O4/c1-4-9(5-2)16-10-6-8(13(14)15-3)7-11-12(10)17-11/h6,9-12H,4-5,7H2,1-3H3/t10-,11+,12+/m0/s1. The van der Waals surface area contributed by atoms with Crippen molar-refractivity contribution >= 4 is 5.97 Å². The SMILES string of the molecule is CCC(CC)O[C@H]1C=C(C(=O)OC)C[C@H]2O[C@H]12. The summed E-state index contributed by atoms with van der Waals surface area (Å²) >= 11 is 0. The van der Waals surface area contributed by atoms with E-state index < -0.39 is 0 Å². The van der Waals surface area contributed by atoms with Crippen LogP contribution in [0.1, 0.15) is 33.1 Å². The molecule has 1 saturated heterocycles. The molecule has 1 aliphatic carbocycles. The molecule has 0 bridgehead atoms. The molecule has 0 aromatic carbocycles. The average Bonchev–Trinajstić information content (AvgIpc) is 3.13. The lowest BCUT2D eigenvalue weighted by Crippen LogP contribution is -2.29. The molecule has 2 aliphatic rings. The number of hydrogen-bond donors (Lipinski definition) is 0. The molecule has 3 atom stereocenters. The summed E-state index contributed by atoms with van der Waals surface area (Å²) in [5, 5.41) is 0. The van der Waals surface area contributed by atoms with Crippen molar-refractivity contribution < 1.29 is 19.0 Å². The topological polar surface area (TPSA) is 48.1 Å². The second-order valence-electron chi connectivity index (χ2n) is 4.57. The van der Waals surface area contributed by atoms with Gasteiger partial charge in [0.05, 0.1) is 19.3 Å². The van der Waals surface area contributed by atoms with Crippen LogP contribution in [0.2, 0.25) is 0 Å². The summed E-state index contributed by atoms with van der Waals surface area (Å²) in [5.41, 5.74) is 0.683. The summed E-state index contributed by atoms with van der Waals surface area (Å²) in [4.78, 5) is 11.5. The van der Waals surface area contributed by atoms with Crippen LogP contribution in [-0.4, -0.2) is 37.5 Å². The number of methoxy groups -OCH3 is 1. The number of fused-ring (bicyclic) bond motifs is 1. The van der Waals surface area contributed by atoms with Crippen LogP contribution < -0.4 is 0 Å². The molecule has 1 aliphatic heterocycles. The van der Waals surface area contributed by atoms with Crippen molar-refractivity contribution in [3.8, 4) is 0 Å². The van der Waals surface area contributed by atoms with E-state index in [1.165, 1.54) is 7.11 Å². The molecule has 2 rings (SSSR count). The summed E-state index contributed by atoms with van der Waals surface area (Å²) in [5.74, 6) is -0.267. The number of epoxide rings is 1. The molecule has 1 heterocycles. The largest absolute Gasteiger partial charge is 0.466 e. The highest BCUT2D eigenvalue weighted by Crippen LogP contribution is 2.38. The number of esters is 1. The minimum Gasteiger partial charge on any atom is -0.466 e. The quantitative estimate of drug-likeness (QED) is 0.543. The summed E-state index contributed by atoms with van der Waals surface area (Å²) in [6.45, 7) is 4.21. The summed E-state index contributed by atoms with van der Waals surface area (Å²) in [6.07, 6.45) is 4.92. The molecule has 96 valence electrons. The van der Waals surface area contributed by atoms with E-state index in [9.17, 15) is 4.79 Å². The number of carbonyl (C=O) groups excluding carboxylic acids is 1. The maximum absolute atomic E-state index is 11.5. The van der Waals surface area contributed by atoms with Crippen LogP contribution in [0.15, 0.2) is 11.6 Å². The number of ether oxygens (including phenoxy) is 3. The highest BCUT2D eigenvalue weighted by Gasteiger charge is 2.49. The van der Waals surface area contributed by atoms with Gasteiger partial charge in [0.15, 0.2) is 0 Å². The van der Waals surface area contributed by atoms with Gasteiger partial charge in [0.2, 0.25) is 0 Å². The van der Waals surface area contributed by atoms with Gasteiger partial charge in [-0.25, -0.2) is 4.79 Å². The van der Waals surface area contributed by atoms with Gasteiger partial charge in [-0.15, -0.1) is 0 Å². The van der Waals surface area contributed by atoms with Crippen LogP contribution in [-0.2, 0) is 19.0 Å². The first kappa shape index (κ1) is 12.6. The fourth-order valence-electron chi connectivity index (χ4n) is 2.29. The number of hydrogen-bond acceptors (Lipinski definition) is 4. The van der Waals surface area contributed by atoms with E-state index in [1.807, 2.05) is 6.08 Å². The molecule has 0 amide bonds. The van der Waals surface area contributed by atoms with E-state index in [0.717, 1.165) is 12.8 Å². The molecule has 4 nitrogen and oxygen atoms in total. The third-order valence-electron chi connectivity index (χ3n) is 3.44. The van der Waals surface area contributed by atoms with E-state index in [2.05, 4.69) is 13.8 Å². The van der Waals surface area contributed by atoms with Gasteiger partial charge >= 0.3 is 5.97 Å². The third kappa shape index (κ3) is 2.69. The first-order valence-corrected chi connectivity index (χ1v) is 6.29. The molecule has 4 heteroatoms. The van der Waals surface area contributed by atoms with E-state index >= 15 is 0 Å². The van der Waals surface area contributed by atoms with Gasteiger partial charge < -0.3 is 14.2 Å². The Hall–Kier alpha value is -0.870. The van der Waals surface area contributed by atoms with Crippen LogP contribution in [0.3, 0.4) is 0 Å². The van der Waals surface area contributed by atoms with Crippen molar-refractivity contribution in [1.82, 2.24) is 0 Å². The summed E-state index contributed by atoms with van der Waals surface area (Å²) < 4.78 is 16.2. The molecule has 0 unspecified atom stereocenters. The minimum absolute atomic E-state index is 0.0900. The Kier molecular flexibility index (Phi) is 3.84. The molecular weight excluding hydrogens is 220 g/mol. The zero-order valence-corrected chi connectivity index (χ0v) is 10.6. The van der Waals surface area contributed by atoms with E-state index in [4.69, 9.17) is 14.2 Å². The maximum atomic E-state index is 11.5. The Bertz CT molecular complexity index is 319. The van der Waals surface area contributed by atoms with E-state index in [0.29, 0.717) is 12.0 Å². The summed E-state index contributed by atoms with van der Waals surface area (Å²) in [7, 11) is 1.40. The summed E-state index contributed by atoms with van der Waals surface area (Å²) in [6, 6.07) is 0. The van der Waals surface area contributed by atoms with Crippen molar-refractivity contribution in [2.75, 3.05) is 7.11 Å². The van der Waals surface area contributed by atoms with Gasteiger partial charge in [-0.3, -0.25) is 0 Å². The molecule has 17 heavy (non-hydrogen) atoms. The molecule has 0 aromatic rings. The maximum Gasteiger partial charge on any atom is 0.333 e. The zero-order valence-electron chi connectivity index (χ0n) is 10.6. The fourth-order valence-corrected chi connectivity index (χ4v) is 2.29. The van der Waals surface area contributed by atoms with Crippen molar-refractivity contribution in [2.24, 2.45) is 0 Å². The second kappa shape index (κ2) is 5.19. The predicted molar refractivity (Wildman–Crippen MR) is 62.6 cm³/mol. The fraction of sp³-hybridized carbons (Fsp3) is 0.769. The van der Waals surface area contributed by atoms with E-state index in [1.54, 1.807) is 0 Å². The zero-order chi connectivity index (χ0) is 12.4. The minimum atomic E-state index is -0.267. The van der Waals surface area contributed by atoms with Crippen LogP contribution in [0, 0.1) is 0 Å². The molecule has 0 saturated carbocycles. The van der Waals surface area contributed by atoms with Crippen LogP contribution in [0.25, 0.3) is 0 Å². The van der Waals surface area contributed by atoms with Gasteiger partial charge in [-0.1, -0.05) is 13.8 Å². The lowest BCUT2D eigenvalue weighted by molar-refractivity contribution is -0.136. The van der Waals surface area contributed by atoms with Crippen molar-refractivity contribution in [2.45, 2.75) is 57.5 Å². The van der Waals surface area contributed by atoms with Crippen molar-refractivity contribution in [3.05, 3.63) is 11.6 Å². The van der Waals surface area contributed by atoms with Gasteiger partial charge in [-0.2, -0.15) is 0 Å². The van der Waals surface area contributed by atoms with Gasteiger partial charge in [0.1, 0.15) is 12.2 Å². The van der Waals surface area contributed by atoms with Crippen molar-refractivity contribution in [1.29, 1.82) is 0 Å². The van der Waals surface area contributed by atoms with Gasteiger partial charge in [-0.05, 0) is 18.9 Å². The van der Waals surface area contributed by atoms with Crippen molar-refractivity contribution in [3.63, 3.8) is 0 Å². The smallest absolute Gasteiger partial charge is 0.333 e. The van der Waals surface area contributed by atoms with Gasteiger partial charge in [0.25, 0.3) is 0 Å². The first-order valence-electron chi connectivity index (χ1n) is 6.29. The molecule has 0 N–H and O–H groups in total. The van der Waals surface area contributed by atoms with Crippen LogP contribution >= 0.6 is 0 Å². The molecule has 1 fully saturated rings. The Morgan fingerprint density at radius 1 is 1.53 bits per heavy atom. The Morgan fingerprint density at radius 2 is 2.24 bits per heavy atom. The van der Waals surface area contributed by atoms with Gasteiger partial charge in [0, 0.05) is 12.0 Å². The Morgan fingerprint density at radius 3 is 2.82 bits per heavy atom. The predicted octanol–water partition coefficient (Wildman–Crippen LogP) is 1.83. The Labute approximate surface area is 102 Å². The first-order chi connectivity index (χ1) is 8.19. The molecule has 0 radical (unpaired) electrons. The second-order valence-corrected chi connectivity index (χ2v) is 4.57. The molecule has 0 aromatic heterocycles. The normalized spacial score (nSPS) is 30.8. The molecule has 0 spiro atoms. The lowest BCUT2D eigenvalue weighted by atomic mass is 9.97. The average molecular weight is 240 g/mol. The monoisotopic (exact) mass is 240 g/mol. The Balaban J connectivity index is 2.03. The van der Waals surface area contributed by atoms with E-state index in [-0.39, 0.29) is 30.4 Å². The highest BCUT2D eigenvalue weighted by molar-refractivity contribution is 5.89. The van der Waals surface area contributed by atoms with Crippen LogP contribution in [0.5, 0.6) is 0 Å². The number of carbonyl (C=O) groups is 1. The third-order valence-corrected chi connectivity index (χ3v) is 3.44.